The minimum atomic E-state index is -0.0481. The van der Waals surface area contributed by atoms with Crippen molar-refractivity contribution in [3.8, 4) is 0 Å². The average Bonchev–Trinajstić information content (AvgIpc) is 2.83. The Hall–Kier alpha value is -2.02. The van der Waals surface area contributed by atoms with Crippen LogP contribution in [0.25, 0.3) is 0 Å². The number of aromatic nitrogens is 2. The number of carbonyl (C=O) groups is 1. The number of pyridine rings is 2. The van der Waals surface area contributed by atoms with E-state index < -0.39 is 0 Å². The van der Waals surface area contributed by atoms with Gasteiger partial charge in [0, 0.05) is 32.0 Å². The maximum absolute atomic E-state index is 12.2. The summed E-state index contributed by atoms with van der Waals surface area (Å²) in [6.45, 7) is 4.97. The number of rotatable bonds is 5. The standard InChI is InChI=1S/C18H22ClN5O/c19-15-5-6-17(21-12-15)22-18(25)14-24-9-3-8-23(10-11-24)13-16-4-1-2-7-20-16/h1-2,4-7,12H,3,8-11,13-14H2,(H,21,22,25). The van der Waals surface area contributed by atoms with Crippen molar-refractivity contribution in [2.45, 2.75) is 13.0 Å². The normalized spacial score (nSPS) is 16.4. The van der Waals surface area contributed by atoms with Gasteiger partial charge in [0.1, 0.15) is 5.82 Å². The molecule has 3 heterocycles. The predicted molar refractivity (Wildman–Crippen MR) is 98.4 cm³/mol. The molecule has 7 heteroatoms. The van der Waals surface area contributed by atoms with Crippen molar-refractivity contribution in [3.63, 3.8) is 0 Å². The van der Waals surface area contributed by atoms with E-state index in [1.165, 1.54) is 6.20 Å². The van der Waals surface area contributed by atoms with Crippen LogP contribution in [-0.2, 0) is 11.3 Å². The molecule has 0 unspecified atom stereocenters. The van der Waals surface area contributed by atoms with Crippen LogP contribution in [0.15, 0.2) is 42.7 Å². The van der Waals surface area contributed by atoms with Gasteiger partial charge in [-0.2, -0.15) is 0 Å². The average molecular weight is 360 g/mol. The fourth-order valence-corrected chi connectivity index (χ4v) is 3.01. The molecule has 0 atom stereocenters. The maximum atomic E-state index is 12.2. The number of hydrogen-bond acceptors (Lipinski definition) is 5. The highest BCUT2D eigenvalue weighted by Crippen LogP contribution is 2.10. The Morgan fingerprint density at radius 3 is 2.68 bits per heavy atom. The summed E-state index contributed by atoms with van der Waals surface area (Å²) in [5.41, 5.74) is 1.09. The van der Waals surface area contributed by atoms with Crippen LogP contribution in [0.1, 0.15) is 12.1 Å². The van der Waals surface area contributed by atoms with Crippen LogP contribution in [0.5, 0.6) is 0 Å². The summed E-state index contributed by atoms with van der Waals surface area (Å²) in [6.07, 6.45) is 4.40. The number of hydrogen-bond donors (Lipinski definition) is 1. The molecular weight excluding hydrogens is 338 g/mol. The molecule has 0 aliphatic carbocycles. The molecule has 1 amide bonds. The predicted octanol–water partition coefficient (Wildman–Crippen LogP) is 2.28. The molecule has 6 nitrogen and oxygen atoms in total. The highest BCUT2D eigenvalue weighted by atomic mass is 35.5. The van der Waals surface area contributed by atoms with Gasteiger partial charge in [-0.15, -0.1) is 0 Å². The molecular formula is C18H22ClN5O. The first kappa shape index (κ1) is 17.8. The number of nitrogens with one attached hydrogen (secondary N) is 1. The van der Waals surface area contributed by atoms with E-state index in [9.17, 15) is 4.79 Å². The van der Waals surface area contributed by atoms with E-state index in [1.807, 2.05) is 18.3 Å². The van der Waals surface area contributed by atoms with Gasteiger partial charge in [-0.05, 0) is 43.8 Å². The zero-order valence-corrected chi connectivity index (χ0v) is 14.8. The Balaban J connectivity index is 1.46. The summed E-state index contributed by atoms with van der Waals surface area (Å²) < 4.78 is 0. The van der Waals surface area contributed by atoms with E-state index in [4.69, 9.17) is 11.6 Å². The molecule has 132 valence electrons. The zero-order valence-electron chi connectivity index (χ0n) is 14.1. The minimum Gasteiger partial charge on any atom is -0.310 e. The van der Waals surface area contributed by atoms with E-state index in [1.54, 1.807) is 12.1 Å². The van der Waals surface area contributed by atoms with Crippen LogP contribution < -0.4 is 5.32 Å². The Morgan fingerprint density at radius 2 is 1.92 bits per heavy atom. The zero-order chi connectivity index (χ0) is 17.5. The first-order valence-corrected chi connectivity index (χ1v) is 8.83. The summed E-state index contributed by atoms with van der Waals surface area (Å²) >= 11 is 5.80. The van der Waals surface area contributed by atoms with E-state index >= 15 is 0 Å². The molecule has 1 aliphatic rings. The van der Waals surface area contributed by atoms with Crippen LogP contribution in [0, 0.1) is 0 Å². The largest absolute Gasteiger partial charge is 0.310 e. The lowest BCUT2D eigenvalue weighted by atomic mass is 10.3. The van der Waals surface area contributed by atoms with Crippen LogP contribution >= 0.6 is 11.6 Å². The Bertz CT molecular complexity index is 680. The minimum absolute atomic E-state index is 0.0481. The van der Waals surface area contributed by atoms with Crippen molar-refractivity contribution < 1.29 is 4.79 Å². The summed E-state index contributed by atoms with van der Waals surface area (Å²) in [7, 11) is 0. The molecule has 2 aromatic heterocycles. The molecule has 0 saturated carbocycles. The third kappa shape index (κ3) is 5.77. The molecule has 3 rings (SSSR count). The second kappa shape index (κ2) is 8.89. The third-order valence-electron chi connectivity index (χ3n) is 4.15. The van der Waals surface area contributed by atoms with Crippen LogP contribution in [-0.4, -0.2) is 58.4 Å². The Labute approximate surface area is 152 Å². The smallest absolute Gasteiger partial charge is 0.239 e. The Morgan fingerprint density at radius 1 is 1.08 bits per heavy atom. The van der Waals surface area contributed by atoms with Gasteiger partial charge in [0.05, 0.1) is 17.3 Å². The number of halogens is 1. The number of carbonyl (C=O) groups excluding carboxylic acids is 1. The van der Waals surface area contributed by atoms with Gasteiger partial charge < -0.3 is 5.32 Å². The maximum Gasteiger partial charge on any atom is 0.239 e. The molecule has 0 aromatic carbocycles. The van der Waals surface area contributed by atoms with E-state index in [0.717, 1.165) is 44.8 Å². The molecule has 1 fully saturated rings. The second-order valence-electron chi connectivity index (χ2n) is 6.14. The van der Waals surface area contributed by atoms with Crippen LogP contribution in [0.4, 0.5) is 5.82 Å². The first-order chi connectivity index (χ1) is 12.2. The lowest BCUT2D eigenvalue weighted by molar-refractivity contribution is -0.117. The molecule has 0 spiro atoms. The topological polar surface area (TPSA) is 61.4 Å². The monoisotopic (exact) mass is 359 g/mol. The van der Waals surface area contributed by atoms with E-state index in [2.05, 4.69) is 31.2 Å². The molecule has 0 radical (unpaired) electrons. The molecule has 25 heavy (non-hydrogen) atoms. The van der Waals surface area contributed by atoms with Gasteiger partial charge in [-0.1, -0.05) is 17.7 Å². The number of amides is 1. The van der Waals surface area contributed by atoms with E-state index in [0.29, 0.717) is 17.4 Å². The van der Waals surface area contributed by atoms with Crippen molar-refractivity contribution in [2.24, 2.45) is 0 Å². The molecule has 1 aliphatic heterocycles. The van der Waals surface area contributed by atoms with Gasteiger partial charge in [-0.3, -0.25) is 19.6 Å². The fraction of sp³-hybridized carbons (Fsp3) is 0.389. The second-order valence-corrected chi connectivity index (χ2v) is 6.57. The van der Waals surface area contributed by atoms with Gasteiger partial charge in [0.15, 0.2) is 0 Å². The van der Waals surface area contributed by atoms with Gasteiger partial charge in [0.25, 0.3) is 0 Å². The lowest BCUT2D eigenvalue weighted by Crippen LogP contribution is -2.36. The van der Waals surface area contributed by atoms with E-state index in [-0.39, 0.29) is 5.91 Å². The summed E-state index contributed by atoms with van der Waals surface area (Å²) in [6, 6.07) is 9.42. The van der Waals surface area contributed by atoms with Crippen molar-refractivity contribution in [2.75, 3.05) is 38.0 Å². The van der Waals surface area contributed by atoms with Gasteiger partial charge in [-0.25, -0.2) is 4.98 Å². The highest BCUT2D eigenvalue weighted by molar-refractivity contribution is 6.30. The van der Waals surface area contributed by atoms with Gasteiger partial charge in [0.2, 0.25) is 5.91 Å². The highest BCUT2D eigenvalue weighted by Gasteiger charge is 2.17. The fourth-order valence-electron chi connectivity index (χ4n) is 2.90. The molecule has 1 N–H and O–H groups in total. The van der Waals surface area contributed by atoms with Crippen LogP contribution in [0.2, 0.25) is 5.02 Å². The van der Waals surface area contributed by atoms with Crippen molar-refractivity contribution in [1.29, 1.82) is 0 Å². The lowest BCUT2D eigenvalue weighted by Gasteiger charge is -2.21. The SMILES string of the molecule is O=C(CN1CCCN(Cc2ccccn2)CC1)Nc1ccc(Cl)cn1. The van der Waals surface area contributed by atoms with Gasteiger partial charge >= 0.3 is 0 Å². The van der Waals surface area contributed by atoms with Crippen molar-refractivity contribution in [3.05, 3.63) is 53.4 Å². The number of anilines is 1. The molecule has 1 saturated heterocycles. The molecule has 0 bridgehead atoms. The van der Waals surface area contributed by atoms with Crippen molar-refractivity contribution >= 4 is 23.3 Å². The summed E-state index contributed by atoms with van der Waals surface area (Å²) in [5.74, 6) is 0.481. The van der Waals surface area contributed by atoms with Crippen LogP contribution in [0.3, 0.4) is 0 Å². The van der Waals surface area contributed by atoms with Crippen molar-refractivity contribution in [1.82, 2.24) is 19.8 Å². The summed E-state index contributed by atoms with van der Waals surface area (Å²) in [4.78, 5) is 25.3. The summed E-state index contributed by atoms with van der Waals surface area (Å²) in [5, 5.41) is 3.37. The quantitative estimate of drug-likeness (QED) is 0.887. The third-order valence-corrected chi connectivity index (χ3v) is 4.38. The first-order valence-electron chi connectivity index (χ1n) is 8.45. The Kier molecular flexibility index (Phi) is 6.33. The molecule has 2 aromatic rings. The number of nitrogens with zero attached hydrogens (tertiary/aromatic N) is 4.